The molecule has 1 rings (SSSR count). The molecule has 0 atom stereocenters. The van der Waals surface area contributed by atoms with E-state index in [-0.39, 0.29) is 0 Å². The van der Waals surface area contributed by atoms with Crippen LogP contribution in [0.1, 0.15) is 13.3 Å². The molecule has 0 fully saturated rings. The van der Waals surface area contributed by atoms with Crippen molar-refractivity contribution in [2.24, 2.45) is 0 Å². The number of methoxy groups -OCH3 is 1. The molecule has 0 saturated heterocycles. The highest BCUT2D eigenvalue weighted by Gasteiger charge is 2.03. The summed E-state index contributed by atoms with van der Waals surface area (Å²) < 4.78 is 6.70. The van der Waals surface area contributed by atoms with Gasteiger partial charge in [-0.05, 0) is 6.42 Å². The van der Waals surface area contributed by atoms with Gasteiger partial charge in [-0.1, -0.05) is 6.92 Å². The van der Waals surface area contributed by atoms with E-state index in [9.17, 15) is 0 Å². The summed E-state index contributed by atoms with van der Waals surface area (Å²) in [6, 6.07) is 0. The molecule has 1 aromatic rings. The second-order valence-electron chi connectivity index (χ2n) is 2.36. The first kappa shape index (κ1) is 7.91. The van der Waals surface area contributed by atoms with E-state index in [1.807, 2.05) is 0 Å². The van der Waals surface area contributed by atoms with Crippen LogP contribution in [0.5, 0.6) is 5.88 Å². The molecular formula is C7H13N3O. The van der Waals surface area contributed by atoms with Crippen LogP contribution in [0, 0.1) is 0 Å². The van der Waals surface area contributed by atoms with E-state index >= 15 is 0 Å². The number of aryl methyl sites for hydroxylation is 1. The Bertz CT molecular complexity index is 232. The molecule has 0 spiro atoms. The monoisotopic (exact) mass is 155 g/mol. The third-order valence-electron chi connectivity index (χ3n) is 1.40. The molecule has 1 aromatic heterocycles. The Morgan fingerprint density at radius 2 is 2.45 bits per heavy atom. The number of nitrogens with two attached hydrogens (primary N) is 1. The normalized spacial score (nSPS) is 10.0. The van der Waals surface area contributed by atoms with Gasteiger partial charge in [-0.2, -0.15) is 0 Å². The van der Waals surface area contributed by atoms with Gasteiger partial charge >= 0.3 is 0 Å². The Kier molecular flexibility index (Phi) is 2.36. The number of ether oxygens (including phenoxy) is 1. The summed E-state index contributed by atoms with van der Waals surface area (Å²) in [6.45, 7) is 2.97. The van der Waals surface area contributed by atoms with Crippen LogP contribution in [0.4, 0.5) is 5.69 Å². The highest BCUT2D eigenvalue weighted by atomic mass is 16.5. The third kappa shape index (κ3) is 1.63. The van der Waals surface area contributed by atoms with Gasteiger partial charge in [-0.15, -0.1) is 5.10 Å². The van der Waals surface area contributed by atoms with Gasteiger partial charge in [-0.3, -0.25) is 4.68 Å². The van der Waals surface area contributed by atoms with Crippen molar-refractivity contribution in [2.75, 3.05) is 12.8 Å². The third-order valence-corrected chi connectivity index (χ3v) is 1.40. The van der Waals surface area contributed by atoms with Crippen molar-refractivity contribution in [1.29, 1.82) is 0 Å². The number of nitrogens with zero attached hydrogens (tertiary/aromatic N) is 2. The molecule has 0 bridgehead atoms. The SMILES string of the molecule is CCCn1cc(N)c(OC)n1. The van der Waals surface area contributed by atoms with Crippen LogP contribution < -0.4 is 10.5 Å². The second-order valence-corrected chi connectivity index (χ2v) is 2.36. The van der Waals surface area contributed by atoms with Crippen molar-refractivity contribution < 1.29 is 4.74 Å². The van der Waals surface area contributed by atoms with E-state index in [1.165, 1.54) is 0 Å². The average Bonchev–Trinajstić information content (AvgIpc) is 2.32. The fourth-order valence-corrected chi connectivity index (χ4v) is 0.921. The molecule has 0 aliphatic rings. The largest absolute Gasteiger partial charge is 0.478 e. The minimum absolute atomic E-state index is 0.512. The molecule has 2 N–H and O–H groups in total. The molecular weight excluding hydrogens is 142 g/mol. The van der Waals surface area contributed by atoms with Crippen LogP contribution in [-0.4, -0.2) is 16.9 Å². The Balaban J connectivity index is 2.77. The maximum atomic E-state index is 5.57. The summed E-state index contributed by atoms with van der Waals surface area (Å²) in [5, 5.41) is 4.09. The molecule has 0 aromatic carbocycles. The Morgan fingerprint density at radius 3 is 2.91 bits per heavy atom. The number of hydrogen-bond donors (Lipinski definition) is 1. The molecule has 0 unspecified atom stereocenters. The molecule has 1 heterocycles. The van der Waals surface area contributed by atoms with Crippen LogP contribution in [0.2, 0.25) is 0 Å². The molecule has 0 aliphatic heterocycles. The van der Waals surface area contributed by atoms with Crippen molar-refractivity contribution in [3.8, 4) is 5.88 Å². The van der Waals surface area contributed by atoms with E-state index in [0.29, 0.717) is 11.6 Å². The molecule has 0 amide bonds. The predicted octanol–water partition coefficient (Wildman–Crippen LogP) is 0.884. The maximum absolute atomic E-state index is 5.57. The predicted molar refractivity (Wildman–Crippen MR) is 43.5 cm³/mol. The summed E-state index contributed by atoms with van der Waals surface area (Å²) in [4.78, 5) is 0. The van der Waals surface area contributed by atoms with E-state index < -0.39 is 0 Å². The zero-order valence-corrected chi connectivity index (χ0v) is 6.87. The van der Waals surface area contributed by atoms with Gasteiger partial charge in [0.25, 0.3) is 5.88 Å². The minimum Gasteiger partial charge on any atom is -0.478 e. The van der Waals surface area contributed by atoms with E-state index in [1.54, 1.807) is 18.0 Å². The first-order valence-corrected chi connectivity index (χ1v) is 3.64. The zero-order chi connectivity index (χ0) is 8.27. The first-order chi connectivity index (χ1) is 5.27. The highest BCUT2D eigenvalue weighted by molar-refractivity contribution is 5.45. The van der Waals surface area contributed by atoms with Crippen molar-refractivity contribution in [3.63, 3.8) is 0 Å². The summed E-state index contributed by atoms with van der Waals surface area (Å²) in [7, 11) is 1.56. The molecule has 0 aliphatic carbocycles. The number of rotatable bonds is 3. The molecule has 11 heavy (non-hydrogen) atoms. The van der Waals surface area contributed by atoms with Gasteiger partial charge in [0.05, 0.1) is 13.3 Å². The van der Waals surface area contributed by atoms with Gasteiger partial charge in [0, 0.05) is 6.54 Å². The lowest BCUT2D eigenvalue weighted by molar-refractivity contribution is 0.389. The Morgan fingerprint density at radius 1 is 1.73 bits per heavy atom. The van der Waals surface area contributed by atoms with Gasteiger partial charge in [0.1, 0.15) is 5.69 Å². The van der Waals surface area contributed by atoms with E-state index in [2.05, 4.69) is 12.0 Å². The number of nitrogen functional groups attached to an aromatic ring is 1. The van der Waals surface area contributed by atoms with Crippen molar-refractivity contribution in [1.82, 2.24) is 9.78 Å². The van der Waals surface area contributed by atoms with Gasteiger partial charge in [-0.25, -0.2) is 0 Å². The van der Waals surface area contributed by atoms with Crippen LogP contribution in [0.25, 0.3) is 0 Å². The molecule has 0 saturated carbocycles. The Labute approximate surface area is 66.0 Å². The smallest absolute Gasteiger partial charge is 0.255 e. The average molecular weight is 155 g/mol. The quantitative estimate of drug-likeness (QED) is 0.705. The van der Waals surface area contributed by atoms with Crippen molar-refractivity contribution in [3.05, 3.63) is 6.20 Å². The minimum atomic E-state index is 0.512. The van der Waals surface area contributed by atoms with Gasteiger partial charge in [0.2, 0.25) is 0 Å². The summed E-state index contributed by atoms with van der Waals surface area (Å²) >= 11 is 0. The molecule has 4 heteroatoms. The lowest BCUT2D eigenvalue weighted by atomic mass is 10.5. The highest BCUT2D eigenvalue weighted by Crippen LogP contribution is 2.16. The fourth-order valence-electron chi connectivity index (χ4n) is 0.921. The number of hydrogen-bond acceptors (Lipinski definition) is 3. The van der Waals surface area contributed by atoms with Crippen LogP contribution in [0.3, 0.4) is 0 Å². The standard InChI is InChI=1S/C7H13N3O/c1-3-4-10-5-6(8)7(9-10)11-2/h5H,3-4,8H2,1-2H3. The number of aromatic nitrogens is 2. The first-order valence-electron chi connectivity index (χ1n) is 3.64. The zero-order valence-electron chi connectivity index (χ0n) is 6.87. The molecule has 4 nitrogen and oxygen atoms in total. The van der Waals surface area contributed by atoms with E-state index in [4.69, 9.17) is 10.5 Å². The lowest BCUT2D eigenvalue weighted by Crippen LogP contribution is -1.96. The maximum Gasteiger partial charge on any atom is 0.255 e. The van der Waals surface area contributed by atoms with Crippen molar-refractivity contribution in [2.45, 2.75) is 19.9 Å². The van der Waals surface area contributed by atoms with Crippen molar-refractivity contribution >= 4 is 5.69 Å². The topological polar surface area (TPSA) is 53.1 Å². The lowest BCUT2D eigenvalue weighted by Gasteiger charge is -1.94. The van der Waals surface area contributed by atoms with E-state index in [0.717, 1.165) is 13.0 Å². The summed E-state index contributed by atoms with van der Waals surface area (Å²) in [5.41, 5.74) is 6.17. The number of anilines is 1. The summed E-state index contributed by atoms with van der Waals surface area (Å²) in [5.74, 6) is 0.512. The second kappa shape index (κ2) is 3.27. The van der Waals surface area contributed by atoms with Gasteiger partial charge in [0.15, 0.2) is 0 Å². The molecule has 0 radical (unpaired) electrons. The summed E-state index contributed by atoms with van der Waals surface area (Å²) in [6.07, 6.45) is 2.83. The van der Waals surface area contributed by atoms with Gasteiger partial charge < -0.3 is 10.5 Å². The fraction of sp³-hybridized carbons (Fsp3) is 0.571. The van der Waals surface area contributed by atoms with Crippen LogP contribution in [-0.2, 0) is 6.54 Å². The Hall–Kier alpha value is -1.19. The van der Waals surface area contributed by atoms with Crippen LogP contribution in [0.15, 0.2) is 6.20 Å². The van der Waals surface area contributed by atoms with Crippen LogP contribution >= 0.6 is 0 Å². The molecule has 62 valence electrons.